The lowest BCUT2D eigenvalue weighted by Crippen LogP contribution is -2.50. The fourth-order valence-corrected chi connectivity index (χ4v) is 1.10. The summed E-state index contributed by atoms with van der Waals surface area (Å²) < 4.78 is 0. The average Bonchev–Trinajstić information content (AvgIpc) is 2.23. The Morgan fingerprint density at radius 2 is 1.78 bits per heavy atom. The van der Waals surface area contributed by atoms with Crippen LogP contribution in [0.2, 0.25) is 0 Å². The normalized spacial score (nSPS) is 11.8. The fraction of sp³-hybridized carbons (Fsp3) is 0.700. The van der Waals surface area contributed by atoms with Gasteiger partial charge >= 0.3 is 12.0 Å². The first-order chi connectivity index (χ1) is 8.27. The molecule has 0 aromatic heterocycles. The van der Waals surface area contributed by atoms with Crippen LogP contribution in [0.4, 0.5) is 4.79 Å². The zero-order chi connectivity index (χ0) is 14.3. The highest BCUT2D eigenvalue weighted by molar-refractivity contribution is 5.86. The van der Waals surface area contributed by atoms with Crippen LogP contribution < -0.4 is 10.6 Å². The van der Waals surface area contributed by atoms with Crippen LogP contribution in [-0.2, 0) is 9.59 Å². The van der Waals surface area contributed by atoms with Crippen LogP contribution in [0.5, 0.6) is 0 Å². The van der Waals surface area contributed by atoms with Crippen molar-refractivity contribution >= 4 is 17.9 Å². The Kier molecular flexibility index (Phi) is 6.73. The molecular weight excluding hydrogens is 242 g/mol. The van der Waals surface area contributed by atoms with E-state index in [0.717, 1.165) is 4.90 Å². The molecule has 0 saturated heterocycles. The van der Waals surface area contributed by atoms with Gasteiger partial charge in [-0.1, -0.05) is 0 Å². The van der Waals surface area contributed by atoms with Gasteiger partial charge in [0.15, 0.2) is 6.04 Å². The van der Waals surface area contributed by atoms with Crippen molar-refractivity contribution in [3.63, 3.8) is 0 Å². The average molecular weight is 261 g/mol. The molecule has 0 saturated carbocycles. The number of hydrogen-bond donors (Lipinski definition) is 4. The van der Waals surface area contributed by atoms with E-state index in [0.29, 0.717) is 0 Å². The summed E-state index contributed by atoms with van der Waals surface area (Å²) >= 11 is 0. The monoisotopic (exact) mass is 261 g/mol. The largest absolute Gasteiger partial charge is 0.480 e. The number of carbonyl (C=O) groups is 3. The fourth-order valence-electron chi connectivity index (χ4n) is 1.10. The number of carboxylic acid groups (broad SMARTS) is 1. The summed E-state index contributed by atoms with van der Waals surface area (Å²) in [4.78, 5) is 34.5. The molecule has 0 rings (SSSR count). The lowest BCUT2D eigenvalue weighted by Gasteiger charge is -2.20. The zero-order valence-electron chi connectivity index (χ0n) is 10.6. The Balaban J connectivity index is 4.26. The first kappa shape index (κ1) is 16.2. The molecule has 0 aromatic rings. The van der Waals surface area contributed by atoms with E-state index in [2.05, 4.69) is 10.6 Å². The predicted molar refractivity (Wildman–Crippen MR) is 63.0 cm³/mol. The van der Waals surface area contributed by atoms with Crippen LogP contribution in [0.15, 0.2) is 0 Å². The molecule has 3 amide bonds. The molecule has 0 aliphatic heterocycles. The SMILES string of the molecule is CC(C)NC(=O)CN(C)C(=O)N[C@H](CO)C(=O)O. The van der Waals surface area contributed by atoms with Crippen LogP contribution in [-0.4, -0.2) is 65.3 Å². The molecule has 0 fully saturated rings. The van der Waals surface area contributed by atoms with E-state index in [1.165, 1.54) is 7.05 Å². The van der Waals surface area contributed by atoms with Gasteiger partial charge in [0.1, 0.15) is 6.54 Å². The van der Waals surface area contributed by atoms with Gasteiger partial charge in [0.25, 0.3) is 0 Å². The number of aliphatic hydroxyl groups is 1. The highest BCUT2D eigenvalue weighted by Gasteiger charge is 2.21. The van der Waals surface area contributed by atoms with Crippen molar-refractivity contribution in [2.75, 3.05) is 20.2 Å². The van der Waals surface area contributed by atoms with Gasteiger partial charge < -0.3 is 25.7 Å². The second-order valence-electron chi connectivity index (χ2n) is 4.10. The highest BCUT2D eigenvalue weighted by Crippen LogP contribution is 1.90. The number of hydrogen-bond acceptors (Lipinski definition) is 4. The number of urea groups is 1. The van der Waals surface area contributed by atoms with E-state index >= 15 is 0 Å². The maximum Gasteiger partial charge on any atom is 0.328 e. The smallest absolute Gasteiger partial charge is 0.328 e. The molecule has 0 aliphatic carbocycles. The number of nitrogens with zero attached hydrogens (tertiary/aromatic N) is 1. The molecule has 0 radical (unpaired) electrons. The van der Waals surface area contributed by atoms with Crippen molar-refractivity contribution in [1.29, 1.82) is 0 Å². The maximum absolute atomic E-state index is 11.5. The zero-order valence-corrected chi connectivity index (χ0v) is 10.6. The van der Waals surface area contributed by atoms with Gasteiger partial charge in [0.05, 0.1) is 6.61 Å². The number of carboxylic acids is 1. The molecule has 8 heteroatoms. The molecule has 104 valence electrons. The first-order valence-electron chi connectivity index (χ1n) is 5.42. The molecule has 0 bridgehead atoms. The van der Waals surface area contributed by atoms with E-state index in [1.54, 1.807) is 13.8 Å². The van der Waals surface area contributed by atoms with Crippen LogP contribution in [0.25, 0.3) is 0 Å². The lowest BCUT2D eigenvalue weighted by atomic mass is 10.3. The Bertz CT molecular complexity index is 319. The summed E-state index contributed by atoms with van der Waals surface area (Å²) in [6, 6.07) is -2.17. The summed E-state index contributed by atoms with van der Waals surface area (Å²) in [6.45, 7) is 2.66. The van der Waals surface area contributed by atoms with Crippen LogP contribution in [0, 0.1) is 0 Å². The van der Waals surface area contributed by atoms with Gasteiger partial charge in [-0.25, -0.2) is 9.59 Å². The topological polar surface area (TPSA) is 119 Å². The quantitative estimate of drug-likeness (QED) is 0.469. The minimum Gasteiger partial charge on any atom is -0.480 e. The van der Waals surface area contributed by atoms with Crippen molar-refractivity contribution < 1.29 is 24.6 Å². The predicted octanol–water partition coefficient (Wildman–Crippen LogP) is -1.40. The minimum absolute atomic E-state index is 0.0434. The summed E-state index contributed by atoms with van der Waals surface area (Å²) in [7, 11) is 1.35. The Morgan fingerprint density at radius 3 is 2.17 bits per heavy atom. The Hall–Kier alpha value is -1.83. The van der Waals surface area contributed by atoms with Crippen molar-refractivity contribution in [2.45, 2.75) is 25.9 Å². The van der Waals surface area contributed by atoms with E-state index in [-0.39, 0.29) is 18.5 Å². The van der Waals surface area contributed by atoms with Crippen molar-refractivity contribution in [3.05, 3.63) is 0 Å². The van der Waals surface area contributed by atoms with Crippen molar-refractivity contribution in [1.82, 2.24) is 15.5 Å². The molecule has 4 N–H and O–H groups in total. The third kappa shape index (κ3) is 6.04. The molecule has 0 aliphatic rings. The van der Waals surface area contributed by atoms with Gasteiger partial charge in [0.2, 0.25) is 5.91 Å². The van der Waals surface area contributed by atoms with Crippen LogP contribution in [0.3, 0.4) is 0 Å². The molecular formula is C10H19N3O5. The number of aliphatic hydroxyl groups excluding tert-OH is 1. The molecule has 18 heavy (non-hydrogen) atoms. The Morgan fingerprint density at radius 1 is 1.22 bits per heavy atom. The highest BCUT2D eigenvalue weighted by atomic mass is 16.4. The van der Waals surface area contributed by atoms with Crippen molar-refractivity contribution in [2.24, 2.45) is 0 Å². The van der Waals surface area contributed by atoms with E-state index in [4.69, 9.17) is 10.2 Å². The summed E-state index contributed by atoms with van der Waals surface area (Å²) in [6.07, 6.45) is 0. The van der Waals surface area contributed by atoms with Gasteiger partial charge in [-0.2, -0.15) is 0 Å². The molecule has 0 aromatic carbocycles. The maximum atomic E-state index is 11.5. The van der Waals surface area contributed by atoms with E-state index < -0.39 is 24.6 Å². The summed E-state index contributed by atoms with van der Waals surface area (Å²) in [5.74, 6) is -1.69. The first-order valence-corrected chi connectivity index (χ1v) is 5.42. The van der Waals surface area contributed by atoms with Crippen LogP contribution >= 0.6 is 0 Å². The number of carbonyl (C=O) groups excluding carboxylic acids is 2. The minimum atomic E-state index is -1.38. The second-order valence-corrected chi connectivity index (χ2v) is 4.10. The molecule has 0 unspecified atom stereocenters. The molecule has 1 atom stereocenters. The Labute approximate surface area is 105 Å². The number of nitrogens with one attached hydrogen (secondary N) is 2. The van der Waals surface area contributed by atoms with Gasteiger partial charge in [-0.3, -0.25) is 4.79 Å². The second kappa shape index (κ2) is 7.49. The van der Waals surface area contributed by atoms with Gasteiger partial charge in [0, 0.05) is 13.1 Å². The molecule has 8 nitrogen and oxygen atoms in total. The molecule has 0 heterocycles. The van der Waals surface area contributed by atoms with Crippen LogP contribution in [0.1, 0.15) is 13.8 Å². The number of aliphatic carboxylic acids is 1. The van der Waals surface area contributed by atoms with Gasteiger partial charge in [-0.05, 0) is 13.8 Å². The standard InChI is InChI=1S/C10H19N3O5/c1-6(2)11-8(15)4-13(3)10(18)12-7(5-14)9(16)17/h6-7,14H,4-5H2,1-3H3,(H,11,15)(H,12,18)(H,16,17)/t7-/m1/s1. The third-order valence-electron chi connectivity index (χ3n) is 1.96. The summed E-state index contributed by atoms with van der Waals surface area (Å²) in [5, 5.41) is 22.0. The lowest BCUT2D eigenvalue weighted by molar-refractivity contribution is -0.140. The number of likely N-dealkylation sites (N-methyl/N-ethyl adjacent to an activating group) is 1. The third-order valence-corrected chi connectivity index (χ3v) is 1.96. The number of amides is 3. The van der Waals surface area contributed by atoms with E-state index in [1.807, 2.05) is 0 Å². The van der Waals surface area contributed by atoms with E-state index in [9.17, 15) is 14.4 Å². The van der Waals surface area contributed by atoms with Crippen molar-refractivity contribution in [3.8, 4) is 0 Å². The van der Waals surface area contributed by atoms with Gasteiger partial charge in [-0.15, -0.1) is 0 Å². The number of rotatable bonds is 6. The molecule has 0 spiro atoms. The summed E-state index contributed by atoms with van der Waals surface area (Å²) in [5.41, 5.74) is 0.